The van der Waals surface area contributed by atoms with Crippen molar-refractivity contribution in [1.82, 2.24) is 20.6 Å². The third-order valence-corrected chi connectivity index (χ3v) is 7.51. The molecule has 0 saturated heterocycles. The molecule has 3 amide bonds. The molecule has 0 saturated carbocycles. The van der Waals surface area contributed by atoms with E-state index in [2.05, 4.69) is 17.6 Å². The second-order valence-corrected chi connectivity index (χ2v) is 11.2. The van der Waals surface area contributed by atoms with Crippen molar-refractivity contribution in [2.45, 2.75) is 58.6 Å². The van der Waals surface area contributed by atoms with E-state index in [1.165, 1.54) is 5.06 Å². The van der Waals surface area contributed by atoms with Crippen LogP contribution >= 0.6 is 0 Å². The zero-order valence-electron chi connectivity index (χ0n) is 27.2. The first-order valence-corrected chi connectivity index (χ1v) is 15.8. The van der Waals surface area contributed by atoms with Gasteiger partial charge < -0.3 is 24.7 Å². The number of nitrogens with one attached hydrogen (secondary N) is 2. The Bertz CT molecular complexity index is 1380. The fourth-order valence-electron chi connectivity index (χ4n) is 4.90. The Morgan fingerprint density at radius 1 is 0.935 bits per heavy atom. The zero-order valence-corrected chi connectivity index (χ0v) is 27.2. The van der Waals surface area contributed by atoms with Crippen LogP contribution in [-0.2, 0) is 25.8 Å². The van der Waals surface area contributed by atoms with Gasteiger partial charge in [-0.1, -0.05) is 75.6 Å². The van der Waals surface area contributed by atoms with E-state index in [0.717, 1.165) is 24.8 Å². The summed E-state index contributed by atoms with van der Waals surface area (Å²) in [5, 5.41) is 6.71. The van der Waals surface area contributed by atoms with Gasteiger partial charge in [0, 0.05) is 12.1 Å². The lowest BCUT2D eigenvalue weighted by molar-refractivity contribution is -0.200. The third kappa shape index (κ3) is 11.1. The van der Waals surface area contributed by atoms with E-state index >= 15 is 0 Å². The molecule has 2 atom stereocenters. The molecule has 0 aliphatic carbocycles. The summed E-state index contributed by atoms with van der Waals surface area (Å²) in [6.45, 7) is 5.01. The van der Waals surface area contributed by atoms with Crippen LogP contribution in [0.3, 0.4) is 0 Å². The molecule has 2 N–H and O–H groups in total. The fraction of sp³-hybridized carbons (Fsp3) is 0.429. The fourth-order valence-corrected chi connectivity index (χ4v) is 4.90. The van der Waals surface area contributed by atoms with Crippen molar-refractivity contribution in [3.8, 4) is 11.3 Å². The van der Waals surface area contributed by atoms with E-state index in [4.69, 9.17) is 14.0 Å². The maximum atomic E-state index is 13.4. The molecule has 0 aliphatic heterocycles. The highest BCUT2D eigenvalue weighted by atomic mass is 16.7. The van der Waals surface area contributed by atoms with Gasteiger partial charge in [0.1, 0.15) is 19.0 Å². The van der Waals surface area contributed by atoms with Crippen molar-refractivity contribution in [3.05, 3.63) is 83.6 Å². The average Bonchev–Trinajstić information content (AvgIpc) is 3.56. The highest BCUT2D eigenvalue weighted by Crippen LogP contribution is 2.24. The number of furan rings is 1. The second kappa shape index (κ2) is 19.1. The van der Waals surface area contributed by atoms with Gasteiger partial charge in [0.15, 0.2) is 5.76 Å². The van der Waals surface area contributed by atoms with Crippen molar-refractivity contribution in [2.24, 2.45) is 5.92 Å². The molecule has 0 radical (unpaired) electrons. The van der Waals surface area contributed by atoms with Gasteiger partial charge in [-0.25, -0.2) is 9.86 Å². The lowest BCUT2D eigenvalue weighted by atomic mass is 9.90. The smallest absolute Gasteiger partial charge is 0.338 e. The summed E-state index contributed by atoms with van der Waals surface area (Å²) in [5.41, 5.74) is 2.01. The van der Waals surface area contributed by atoms with E-state index in [1.807, 2.05) is 56.3 Å². The summed E-state index contributed by atoms with van der Waals surface area (Å²) in [7, 11) is 3.80. The molecule has 0 fully saturated rings. The number of ether oxygens (including phenoxy) is 1. The molecule has 3 rings (SSSR count). The van der Waals surface area contributed by atoms with Crippen molar-refractivity contribution >= 4 is 24.2 Å². The molecule has 0 aliphatic rings. The van der Waals surface area contributed by atoms with Crippen molar-refractivity contribution in [3.63, 3.8) is 0 Å². The van der Waals surface area contributed by atoms with Crippen LogP contribution in [0.15, 0.2) is 71.1 Å². The van der Waals surface area contributed by atoms with E-state index in [0.29, 0.717) is 49.3 Å². The highest BCUT2D eigenvalue weighted by Gasteiger charge is 2.32. The van der Waals surface area contributed by atoms with Gasteiger partial charge in [0.05, 0.1) is 24.2 Å². The Labute approximate surface area is 271 Å². The van der Waals surface area contributed by atoms with Crippen LogP contribution < -0.4 is 10.6 Å². The molecule has 11 nitrogen and oxygen atoms in total. The Morgan fingerprint density at radius 2 is 1.67 bits per heavy atom. The molecule has 0 bridgehead atoms. The molecule has 248 valence electrons. The van der Waals surface area contributed by atoms with Gasteiger partial charge >= 0.3 is 5.97 Å². The highest BCUT2D eigenvalue weighted by molar-refractivity contribution is 5.92. The summed E-state index contributed by atoms with van der Waals surface area (Å²) >= 11 is 0. The Hall–Kier alpha value is -4.48. The van der Waals surface area contributed by atoms with Gasteiger partial charge in [-0.2, -0.15) is 0 Å². The standard InChI is InChI=1S/C35H46N4O7/c1-5-7-9-14-29(30(6-2)39(25-40)45-23-26-12-10-8-11-13-26)33(41)36-24-37-34(42)32-20-19-31(46-32)27-15-17-28(18-16-27)35(43)44-22-21-38(3)4/h8,10-13,15-20,25,29-30H,5-7,9,14,21-24H2,1-4H3,(H,36,41)(H,37,42). The quantitative estimate of drug-likeness (QED) is 0.0582. The van der Waals surface area contributed by atoms with Gasteiger partial charge in [-0.05, 0) is 56.8 Å². The molecule has 1 aromatic heterocycles. The van der Waals surface area contributed by atoms with Crippen LogP contribution in [0.5, 0.6) is 0 Å². The number of hydroxylamine groups is 2. The lowest BCUT2D eigenvalue weighted by Crippen LogP contribution is -2.48. The normalized spacial score (nSPS) is 12.3. The van der Waals surface area contributed by atoms with Crippen LogP contribution in [-0.4, -0.2) is 74.1 Å². The van der Waals surface area contributed by atoms with Crippen LogP contribution in [0.1, 0.15) is 72.4 Å². The molecule has 1 heterocycles. The minimum Gasteiger partial charge on any atom is -0.461 e. The van der Waals surface area contributed by atoms with E-state index in [9.17, 15) is 19.2 Å². The molecule has 3 aromatic rings. The number of carbonyl (C=O) groups excluding carboxylic acids is 4. The molecule has 2 aromatic carbocycles. The van der Waals surface area contributed by atoms with E-state index < -0.39 is 23.8 Å². The third-order valence-electron chi connectivity index (χ3n) is 7.51. The molecular formula is C35H46N4O7. The summed E-state index contributed by atoms with van der Waals surface area (Å²) < 4.78 is 11.0. The Kier molecular flexibility index (Phi) is 15.0. The number of rotatable bonds is 20. The Morgan fingerprint density at radius 3 is 2.33 bits per heavy atom. The molecule has 11 heteroatoms. The number of carbonyl (C=O) groups is 4. The summed E-state index contributed by atoms with van der Waals surface area (Å²) in [5.74, 6) is -1.19. The summed E-state index contributed by atoms with van der Waals surface area (Å²) in [6.07, 6.45) is 4.46. The Balaban J connectivity index is 1.56. The second-order valence-electron chi connectivity index (χ2n) is 11.2. The van der Waals surface area contributed by atoms with Gasteiger partial charge in [-0.15, -0.1) is 0 Å². The largest absolute Gasteiger partial charge is 0.461 e. The van der Waals surface area contributed by atoms with Gasteiger partial charge in [0.2, 0.25) is 12.3 Å². The first-order chi connectivity index (χ1) is 22.3. The van der Waals surface area contributed by atoms with Crippen LogP contribution in [0.25, 0.3) is 11.3 Å². The number of benzene rings is 2. The minimum absolute atomic E-state index is 0.0730. The van der Waals surface area contributed by atoms with Crippen molar-refractivity contribution < 1.29 is 33.2 Å². The minimum atomic E-state index is -0.530. The van der Waals surface area contributed by atoms with Crippen molar-refractivity contribution in [1.29, 1.82) is 0 Å². The van der Waals surface area contributed by atoms with Crippen LogP contribution in [0.4, 0.5) is 0 Å². The molecule has 46 heavy (non-hydrogen) atoms. The topological polar surface area (TPSA) is 130 Å². The van der Waals surface area contributed by atoms with E-state index in [-0.39, 0.29) is 24.9 Å². The summed E-state index contributed by atoms with van der Waals surface area (Å²) in [6, 6.07) is 19.0. The van der Waals surface area contributed by atoms with Crippen LogP contribution in [0.2, 0.25) is 0 Å². The summed E-state index contributed by atoms with van der Waals surface area (Å²) in [4.78, 5) is 58.2. The first kappa shape index (κ1) is 36.0. The van der Waals surface area contributed by atoms with Gasteiger partial charge in [-0.3, -0.25) is 19.2 Å². The first-order valence-electron chi connectivity index (χ1n) is 15.8. The number of amides is 3. The van der Waals surface area contributed by atoms with Gasteiger partial charge in [0.25, 0.3) is 5.91 Å². The number of hydrogen-bond donors (Lipinski definition) is 2. The number of nitrogens with zero attached hydrogens (tertiary/aromatic N) is 2. The maximum absolute atomic E-state index is 13.4. The van der Waals surface area contributed by atoms with Crippen LogP contribution in [0, 0.1) is 5.92 Å². The number of esters is 1. The lowest BCUT2D eigenvalue weighted by Gasteiger charge is -2.32. The number of likely N-dealkylation sites (N-methyl/N-ethyl adjacent to an activating group) is 1. The van der Waals surface area contributed by atoms with E-state index in [1.54, 1.807) is 36.4 Å². The average molecular weight is 635 g/mol. The molecule has 0 spiro atoms. The molecular weight excluding hydrogens is 588 g/mol. The molecule has 2 unspecified atom stereocenters. The predicted octanol–water partition coefficient (Wildman–Crippen LogP) is 5.03. The van der Waals surface area contributed by atoms with Crippen molar-refractivity contribution in [2.75, 3.05) is 33.9 Å². The predicted molar refractivity (Wildman–Crippen MR) is 174 cm³/mol. The zero-order chi connectivity index (χ0) is 33.3. The maximum Gasteiger partial charge on any atom is 0.338 e. The number of unbranched alkanes of at least 4 members (excludes halogenated alkanes) is 2. The number of hydrogen-bond acceptors (Lipinski definition) is 8. The monoisotopic (exact) mass is 634 g/mol. The SMILES string of the molecule is CCCCCC(C(=O)NCNC(=O)c1ccc(-c2ccc(C(=O)OCCN(C)C)cc2)o1)C(CC)N(C=O)OCc1ccccc1.